The second-order valence-electron chi connectivity index (χ2n) is 5.42. The number of nitrogens with zero attached hydrogens (tertiary/aromatic N) is 1. The van der Waals surface area contributed by atoms with Gasteiger partial charge in [-0.25, -0.2) is 0 Å². The van der Waals surface area contributed by atoms with Gasteiger partial charge in [0.25, 0.3) is 0 Å². The summed E-state index contributed by atoms with van der Waals surface area (Å²) in [6, 6.07) is 15.9. The first-order valence-electron chi connectivity index (χ1n) is 7.54. The van der Waals surface area contributed by atoms with Crippen molar-refractivity contribution >= 4 is 23.4 Å². The van der Waals surface area contributed by atoms with Gasteiger partial charge < -0.3 is 5.32 Å². The molecule has 0 atom stereocenters. The molecule has 2 aromatic carbocycles. The molecule has 0 aliphatic heterocycles. The number of benzene rings is 2. The van der Waals surface area contributed by atoms with Gasteiger partial charge in [-0.05, 0) is 54.8 Å². The maximum absolute atomic E-state index is 12.0. The molecule has 1 N–H and O–H groups in total. The minimum Gasteiger partial charge on any atom is -0.326 e. The molecule has 118 valence electrons. The molecule has 2 rings (SSSR count). The quantitative estimate of drug-likeness (QED) is 0.797. The fourth-order valence-electron chi connectivity index (χ4n) is 2.09. The summed E-state index contributed by atoms with van der Waals surface area (Å²) in [6.45, 7) is 4.20. The van der Waals surface area contributed by atoms with Crippen molar-refractivity contribution < 1.29 is 4.79 Å². The van der Waals surface area contributed by atoms with Gasteiger partial charge in [0, 0.05) is 22.8 Å². The van der Waals surface area contributed by atoms with Crippen molar-refractivity contribution in [3.8, 4) is 6.07 Å². The normalized spacial score (nSPS) is 10.1. The number of anilines is 1. The van der Waals surface area contributed by atoms with Crippen molar-refractivity contribution in [3.05, 3.63) is 59.2 Å². The number of thioether (sulfide) groups is 1. The Morgan fingerprint density at radius 3 is 2.52 bits per heavy atom. The topological polar surface area (TPSA) is 52.9 Å². The molecule has 0 bridgehead atoms. The number of aryl methyl sites for hydroxylation is 2. The fourth-order valence-corrected chi connectivity index (χ4v) is 3.03. The van der Waals surface area contributed by atoms with E-state index >= 15 is 0 Å². The number of hydrogen-bond acceptors (Lipinski definition) is 3. The van der Waals surface area contributed by atoms with Crippen molar-refractivity contribution in [3.63, 3.8) is 0 Å². The molecule has 0 fully saturated rings. The van der Waals surface area contributed by atoms with Crippen LogP contribution in [0.25, 0.3) is 0 Å². The van der Waals surface area contributed by atoms with E-state index in [-0.39, 0.29) is 5.91 Å². The molecule has 0 saturated heterocycles. The molecule has 1 amide bonds. The minimum absolute atomic E-state index is 0.00867. The predicted molar refractivity (Wildman–Crippen MR) is 95.6 cm³/mol. The molecule has 23 heavy (non-hydrogen) atoms. The first kappa shape index (κ1) is 17.1. The van der Waals surface area contributed by atoms with Gasteiger partial charge in [-0.15, -0.1) is 11.8 Å². The molecule has 0 radical (unpaired) electrons. The minimum atomic E-state index is 0.00867. The van der Waals surface area contributed by atoms with Crippen LogP contribution in [0.4, 0.5) is 5.69 Å². The summed E-state index contributed by atoms with van der Waals surface area (Å²) in [5, 5.41) is 11.5. The summed E-state index contributed by atoms with van der Waals surface area (Å²) in [4.78, 5) is 13.2. The van der Waals surface area contributed by atoms with Crippen molar-refractivity contribution in [2.45, 2.75) is 31.6 Å². The molecule has 0 heterocycles. The maximum atomic E-state index is 12.0. The summed E-state index contributed by atoms with van der Waals surface area (Å²) in [5.41, 5.74) is 4.28. The standard InChI is InChI=1S/C19H20N2OS/c1-14-3-8-18(13-15(14)2)23-12-10-19(22)21-17-6-4-16(5-7-17)9-11-20/h3-8,13H,9-10,12H2,1-2H3,(H,21,22). The second-order valence-corrected chi connectivity index (χ2v) is 6.59. The Hall–Kier alpha value is -2.25. The highest BCUT2D eigenvalue weighted by atomic mass is 32.2. The Morgan fingerprint density at radius 2 is 1.87 bits per heavy atom. The van der Waals surface area contributed by atoms with E-state index in [9.17, 15) is 4.79 Å². The summed E-state index contributed by atoms with van der Waals surface area (Å²) >= 11 is 1.69. The van der Waals surface area contributed by atoms with E-state index in [2.05, 4.69) is 43.4 Å². The summed E-state index contributed by atoms with van der Waals surface area (Å²) in [5.74, 6) is 0.760. The number of rotatable bonds is 6. The van der Waals surface area contributed by atoms with Crippen LogP contribution in [0.5, 0.6) is 0 Å². The zero-order valence-corrected chi connectivity index (χ0v) is 14.2. The molecule has 0 unspecified atom stereocenters. The first-order chi connectivity index (χ1) is 11.1. The molecule has 0 aliphatic carbocycles. The monoisotopic (exact) mass is 324 g/mol. The summed E-state index contributed by atoms with van der Waals surface area (Å²) < 4.78 is 0. The molecule has 0 aliphatic rings. The Labute approximate surface area is 141 Å². The van der Waals surface area contributed by atoms with Gasteiger partial charge in [-0.2, -0.15) is 5.26 Å². The SMILES string of the molecule is Cc1ccc(SCCC(=O)Nc2ccc(CC#N)cc2)cc1C. The van der Waals surface area contributed by atoms with Crippen LogP contribution in [0.2, 0.25) is 0 Å². The van der Waals surface area contributed by atoms with E-state index in [0.29, 0.717) is 12.8 Å². The van der Waals surface area contributed by atoms with Gasteiger partial charge >= 0.3 is 0 Å². The van der Waals surface area contributed by atoms with Gasteiger partial charge in [0.1, 0.15) is 0 Å². The fraction of sp³-hybridized carbons (Fsp3) is 0.263. The third-order valence-corrected chi connectivity index (χ3v) is 4.59. The Kier molecular flexibility index (Phi) is 6.25. The Morgan fingerprint density at radius 1 is 1.13 bits per heavy atom. The van der Waals surface area contributed by atoms with Crippen molar-refractivity contribution in [1.82, 2.24) is 0 Å². The lowest BCUT2D eigenvalue weighted by atomic mass is 10.1. The number of nitrogens with one attached hydrogen (secondary N) is 1. The third kappa shape index (κ3) is 5.46. The van der Waals surface area contributed by atoms with Crippen LogP contribution in [0.3, 0.4) is 0 Å². The first-order valence-corrected chi connectivity index (χ1v) is 8.53. The lowest BCUT2D eigenvalue weighted by Crippen LogP contribution is -2.12. The van der Waals surface area contributed by atoms with E-state index in [1.165, 1.54) is 16.0 Å². The zero-order valence-electron chi connectivity index (χ0n) is 13.4. The number of hydrogen-bond donors (Lipinski definition) is 1. The van der Waals surface area contributed by atoms with Crippen molar-refractivity contribution in [2.24, 2.45) is 0 Å². The molecule has 2 aromatic rings. The smallest absolute Gasteiger partial charge is 0.225 e. The number of nitriles is 1. The number of carbonyl (C=O) groups is 1. The van der Waals surface area contributed by atoms with Crippen LogP contribution in [0.1, 0.15) is 23.1 Å². The average Bonchev–Trinajstić information content (AvgIpc) is 2.53. The summed E-state index contributed by atoms with van der Waals surface area (Å²) in [7, 11) is 0. The van der Waals surface area contributed by atoms with Crippen molar-refractivity contribution in [2.75, 3.05) is 11.1 Å². The summed E-state index contributed by atoms with van der Waals surface area (Å²) in [6.07, 6.45) is 0.859. The van der Waals surface area contributed by atoms with Gasteiger partial charge in [0.15, 0.2) is 0 Å². The van der Waals surface area contributed by atoms with Gasteiger partial charge in [0.2, 0.25) is 5.91 Å². The lowest BCUT2D eigenvalue weighted by molar-refractivity contribution is -0.115. The maximum Gasteiger partial charge on any atom is 0.225 e. The number of amides is 1. The largest absolute Gasteiger partial charge is 0.326 e. The van der Waals surface area contributed by atoms with Gasteiger partial charge in [0.05, 0.1) is 12.5 Å². The van der Waals surface area contributed by atoms with E-state index in [1.54, 1.807) is 11.8 Å². The molecule has 4 heteroatoms. The third-order valence-electron chi connectivity index (χ3n) is 3.60. The highest BCUT2D eigenvalue weighted by molar-refractivity contribution is 7.99. The van der Waals surface area contributed by atoms with E-state index in [1.807, 2.05) is 24.3 Å². The lowest BCUT2D eigenvalue weighted by Gasteiger charge is -2.07. The molecular weight excluding hydrogens is 304 g/mol. The van der Waals surface area contributed by atoms with Crippen molar-refractivity contribution in [1.29, 1.82) is 5.26 Å². The van der Waals surface area contributed by atoms with Crippen LogP contribution in [0.15, 0.2) is 47.4 Å². The second kappa shape index (κ2) is 8.40. The van der Waals surface area contributed by atoms with Crippen LogP contribution >= 0.6 is 11.8 Å². The van der Waals surface area contributed by atoms with E-state index in [4.69, 9.17) is 5.26 Å². The van der Waals surface area contributed by atoms with Crippen LogP contribution in [-0.4, -0.2) is 11.7 Å². The predicted octanol–water partition coefficient (Wildman–Crippen LogP) is 4.49. The van der Waals surface area contributed by atoms with E-state index < -0.39 is 0 Å². The Balaban J connectivity index is 1.78. The average molecular weight is 324 g/mol. The zero-order chi connectivity index (χ0) is 16.7. The number of carbonyl (C=O) groups excluding carboxylic acids is 1. The molecule has 0 saturated carbocycles. The van der Waals surface area contributed by atoms with E-state index in [0.717, 1.165) is 17.0 Å². The molecule has 0 aromatic heterocycles. The van der Waals surface area contributed by atoms with Gasteiger partial charge in [-0.3, -0.25) is 4.79 Å². The Bertz CT molecular complexity index is 717. The molecular formula is C19H20N2OS. The molecule has 0 spiro atoms. The van der Waals surface area contributed by atoms with Gasteiger partial charge in [-0.1, -0.05) is 18.2 Å². The van der Waals surface area contributed by atoms with Crippen LogP contribution in [-0.2, 0) is 11.2 Å². The molecule has 3 nitrogen and oxygen atoms in total. The highest BCUT2D eigenvalue weighted by Gasteiger charge is 2.04. The van der Waals surface area contributed by atoms with Crippen LogP contribution in [0, 0.1) is 25.2 Å². The van der Waals surface area contributed by atoms with Crippen LogP contribution < -0.4 is 5.32 Å². The highest BCUT2D eigenvalue weighted by Crippen LogP contribution is 2.22.